The second-order valence-corrected chi connectivity index (χ2v) is 6.97. The molecule has 0 radical (unpaired) electrons. The van der Waals surface area contributed by atoms with Gasteiger partial charge in [0.2, 0.25) is 0 Å². The molecule has 0 saturated heterocycles. The molecular weight excluding hydrogens is 384 g/mol. The van der Waals surface area contributed by atoms with Crippen molar-refractivity contribution < 1.29 is 14.3 Å². The van der Waals surface area contributed by atoms with Crippen LogP contribution in [-0.4, -0.2) is 36.9 Å². The molecule has 0 fully saturated rings. The average molecular weight is 408 g/mol. The van der Waals surface area contributed by atoms with Crippen LogP contribution >= 0.6 is 0 Å². The van der Waals surface area contributed by atoms with Crippen molar-refractivity contribution in [3.05, 3.63) is 58.0 Å². The first-order valence-corrected chi connectivity index (χ1v) is 9.57. The molecule has 1 amide bonds. The lowest BCUT2D eigenvalue weighted by Gasteiger charge is -2.12. The highest BCUT2D eigenvalue weighted by molar-refractivity contribution is 5.93. The number of carbonyl (C=O) groups excluding carboxylic acids is 1. The van der Waals surface area contributed by atoms with Gasteiger partial charge in [0.1, 0.15) is 17.1 Å². The first-order chi connectivity index (χ1) is 14.5. The minimum absolute atomic E-state index is 0.0784. The van der Waals surface area contributed by atoms with Gasteiger partial charge in [-0.15, -0.1) is 12.3 Å². The molecule has 1 N–H and O–H groups in total. The molecule has 0 unspecified atom stereocenters. The highest BCUT2D eigenvalue weighted by Gasteiger charge is 2.38. The van der Waals surface area contributed by atoms with E-state index in [2.05, 4.69) is 21.5 Å². The number of nitrogens with zero attached hydrogens (tertiary/aromatic N) is 3. The van der Waals surface area contributed by atoms with Crippen molar-refractivity contribution in [3.63, 3.8) is 0 Å². The molecule has 2 heterocycles. The number of terminal acetylenes is 1. The summed E-state index contributed by atoms with van der Waals surface area (Å²) in [6.45, 7) is 0.637. The van der Waals surface area contributed by atoms with E-state index in [-0.39, 0.29) is 17.7 Å². The zero-order valence-corrected chi connectivity index (χ0v) is 17.1. The van der Waals surface area contributed by atoms with E-state index in [4.69, 9.17) is 15.9 Å². The zero-order chi connectivity index (χ0) is 21.6. The molecule has 156 valence electrons. The summed E-state index contributed by atoms with van der Waals surface area (Å²) in [5, 5.41) is 10.9. The molecule has 0 spiro atoms. The molecule has 2 aromatic rings. The minimum Gasteiger partial charge on any atom is -0.497 e. The Morgan fingerprint density at radius 2 is 1.90 bits per heavy atom. The fourth-order valence-corrected chi connectivity index (χ4v) is 3.13. The van der Waals surface area contributed by atoms with Crippen LogP contribution in [0.4, 0.5) is 0 Å². The van der Waals surface area contributed by atoms with E-state index in [1.165, 1.54) is 10.6 Å². The maximum absolute atomic E-state index is 12.8. The molecule has 0 saturated carbocycles. The number of ether oxygens (including phenoxy) is 2. The number of rotatable bonds is 10. The number of aromatic nitrogens is 1. The molecule has 1 aromatic heterocycles. The maximum Gasteiger partial charge on any atom is 0.263 e. The van der Waals surface area contributed by atoms with Gasteiger partial charge in [-0.05, 0) is 29.8 Å². The van der Waals surface area contributed by atoms with Gasteiger partial charge in [-0.25, -0.2) is 0 Å². The molecule has 3 rings (SSSR count). The Hall–Kier alpha value is -3.60. The van der Waals surface area contributed by atoms with Crippen LogP contribution in [0.3, 0.4) is 0 Å². The maximum atomic E-state index is 12.8. The molecule has 1 aliphatic rings. The number of benzene rings is 1. The molecule has 0 bridgehead atoms. The predicted octanol–water partition coefficient (Wildman–Crippen LogP) is 2.61. The SMILES string of the molecule is C#CCCC1(CCNC(=O)c2cccn(Cc3cc(OC)cc(OC)c3)c2=O)N=N1. The second-order valence-electron chi connectivity index (χ2n) is 6.97. The third kappa shape index (κ3) is 5.06. The summed E-state index contributed by atoms with van der Waals surface area (Å²) >= 11 is 0. The molecule has 30 heavy (non-hydrogen) atoms. The van der Waals surface area contributed by atoms with Crippen LogP contribution in [-0.2, 0) is 6.54 Å². The lowest BCUT2D eigenvalue weighted by molar-refractivity contribution is 0.0949. The Bertz CT molecular complexity index is 1020. The van der Waals surface area contributed by atoms with Crippen LogP contribution in [0.5, 0.6) is 11.5 Å². The fraction of sp³-hybridized carbons (Fsp3) is 0.364. The highest BCUT2D eigenvalue weighted by atomic mass is 16.5. The van der Waals surface area contributed by atoms with Gasteiger partial charge in [-0.2, -0.15) is 10.2 Å². The van der Waals surface area contributed by atoms with Gasteiger partial charge in [0.25, 0.3) is 11.5 Å². The summed E-state index contributed by atoms with van der Waals surface area (Å²) in [6, 6.07) is 8.58. The molecule has 0 atom stereocenters. The lowest BCUT2D eigenvalue weighted by atomic mass is 10.0. The lowest BCUT2D eigenvalue weighted by Crippen LogP contribution is -2.34. The van der Waals surface area contributed by atoms with Gasteiger partial charge in [0, 0.05) is 38.1 Å². The van der Waals surface area contributed by atoms with Gasteiger partial charge < -0.3 is 19.4 Å². The summed E-state index contributed by atoms with van der Waals surface area (Å²) in [5.41, 5.74) is 0.0507. The number of hydrogen-bond acceptors (Lipinski definition) is 6. The van der Waals surface area contributed by atoms with Crippen LogP contribution in [0.1, 0.15) is 35.2 Å². The fourth-order valence-electron chi connectivity index (χ4n) is 3.13. The summed E-state index contributed by atoms with van der Waals surface area (Å²) in [5.74, 6) is 3.40. The first-order valence-electron chi connectivity index (χ1n) is 9.57. The van der Waals surface area contributed by atoms with Crippen molar-refractivity contribution in [2.24, 2.45) is 10.2 Å². The normalized spacial score (nSPS) is 13.4. The number of amides is 1. The Balaban J connectivity index is 1.67. The van der Waals surface area contributed by atoms with E-state index in [0.29, 0.717) is 37.3 Å². The van der Waals surface area contributed by atoms with Gasteiger partial charge in [0.05, 0.1) is 20.8 Å². The third-order valence-electron chi connectivity index (χ3n) is 4.89. The van der Waals surface area contributed by atoms with Gasteiger partial charge >= 0.3 is 0 Å². The summed E-state index contributed by atoms with van der Waals surface area (Å²) in [6.07, 6.45) is 8.73. The van der Waals surface area contributed by atoms with E-state index in [1.54, 1.807) is 32.5 Å². The standard InChI is InChI=1S/C22H24N4O4/c1-4-5-8-22(24-25-22)9-10-23-20(27)19-7-6-11-26(21(19)28)15-16-12-17(29-2)14-18(13-16)30-3/h1,6-7,11-14H,5,8-10,15H2,2-3H3,(H,23,27). The van der Waals surface area contributed by atoms with Crippen LogP contribution in [0.25, 0.3) is 0 Å². The smallest absolute Gasteiger partial charge is 0.263 e. The van der Waals surface area contributed by atoms with E-state index in [0.717, 1.165) is 5.56 Å². The molecule has 8 nitrogen and oxygen atoms in total. The second kappa shape index (κ2) is 9.27. The Kier molecular flexibility index (Phi) is 6.52. The van der Waals surface area contributed by atoms with Crippen LogP contribution < -0.4 is 20.3 Å². The number of carbonyl (C=O) groups is 1. The molecule has 0 aliphatic carbocycles. The highest BCUT2D eigenvalue weighted by Crippen LogP contribution is 2.36. The number of methoxy groups -OCH3 is 2. The quantitative estimate of drug-likeness (QED) is 0.612. The van der Waals surface area contributed by atoms with Gasteiger partial charge in [-0.3, -0.25) is 9.59 Å². The monoisotopic (exact) mass is 408 g/mol. The molecule has 8 heteroatoms. The van der Waals surface area contributed by atoms with E-state index < -0.39 is 11.6 Å². The van der Waals surface area contributed by atoms with Gasteiger partial charge in [0.15, 0.2) is 5.66 Å². The number of pyridine rings is 1. The average Bonchev–Trinajstić information content (AvgIpc) is 3.53. The van der Waals surface area contributed by atoms with Crippen molar-refractivity contribution in [2.75, 3.05) is 20.8 Å². The summed E-state index contributed by atoms with van der Waals surface area (Å²) < 4.78 is 12.0. The summed E-state index contributed by atoms with van der Waals surface area (Å²) in [7, 11) is 3.13. The Morgan fingerprint density at radius 1 is 1.20 bits per heavy atom. The van der Waals surface area contributed by atoms with Crippen molar-refractivity contribution in [1.82, 2.24) is 9.88 Å². The molecule has 1 aliphatic heterocycles. The third-order valence-corrected chi connectivity index (χ3v) is 4.89. The number of hydrogen-bond donors (Lipinski definition) is 1. The van der Waals surface area contributed by atoms with E-state index >= 15 is 0 Å². The van der Waals surface area contributed by atoms with Crippen molar-refractivity contribution in [3.8, 4) is 23.8 Å². The van der Waals surface area contributed by atoms with Crippen molar-refractivity contribution >= 4 is 5.91 Å². The van der Waals surface area contributed by atoms with E-state index in [9.17, 15) is 9.59 Å². The van der Waals surface area contributed by atoms with E-state index in [1.807, 2.05) is 12.1 Å². The number of nitrogens with one attached hydrogen (secondary N) is 1. The Labute approximate surface area is 174 Å². The first kappa shape index (κ1) is 21.1. The molecular formula is C22H24N4O4. The Morgan fingerprint density at radius 3 is 2.50 bits per heavy atom. The topological polar surface area (TPSA) is 94.3 Å². The van der Waals surface area contributed by atoms with Crippen LogP contribution in [0.2, 0.25) is 0 Å². The summed E-state index contributed by atoms with van der Waals surface area (Å²) in [4.78, 5) is 25.4. The largest absolute Gasteiger partial charge is 0.497 e. The minimum atomic E-state index is -0.470. The molecule has 1 aromatic carbocycles. The van der Waals surface area contributed by atoms with Crippen LogP contribution in [0, 0.1) is 12.3 Å². The predicted molar refractivity (Wildman–Crippen MR) is 112 cm³/mol. The zero-order valence-electron chi connectivity index (χ0n) is 17.1. The van der Waals surface area contributed by atoms with Crippen molar-refractivity contribution in [1.29, 1.82) is 0 Å². The van der Waals surface area contributed by atoms with Crippen LogP contribution in [0.15, 0.2) is 51.6 Å². The van der Waals surface area contributed by atoms with Gasteiger partial charge in [-0.1, -0.05) is 0 Å². The van der Waals surface area contributed by atoms with Crippen molar-refractivity contribution in [2.45, 2.75) is 31.5 Å².